The molecule has 1 aromatic heterocycles. The third-order valence-electron chi connectivity index (χ3n) is 4.51. The van der Waals surface area contributed by atoms with Crippen molar-refractivity contribution in [3.05, 3.63) is 84.1 Å². The molecular formula is C25H27N3O4. The number of rotatable bonds is 11. The normalized spacial score (nSPS) is 10.3. The van der Waals surface area contributed by atoms with Gasteiger partial charge in [0.2, 0.25) is 11.8 Å². The summed E-state index contributed by atoms with van der Waals surface area (Å²) in [4.78, 5) is 28.5. The molecule has 2 amide bonds. The van der Waals surface area contributed by atoms with Crippen LogP contribution in [0, 0.1) is 0 Å². The number of benzene rings is 2. The van der Waals surface area contributed by atoms with Gasteiger partial charge in [-0.3, -0.25) is 9.59 Å². The molecule has 7 heteroatoms. The molecule has 0 spiro atoms. The van der Waals surface area contributed by atoms with Crippen LogP contribution in [-0.4, -0.2) is 29.9 Å². The highest BCUT2D eigenvalue weighted by molar-refractivity contribution is 5.94. The van der Waals surface area contributed by atoms with Crippen molar-refractivity contribution in [3.8, 4) is 17.4 Å². The molecule has 166 valence electrons. The molecule has 0 aliphatic rings. The van der Waals surface area contributed by atoms with E-state index in [2.05, 4.69) is 22.5 Å². The van der Waals surface area contributed by atoms with E-state index in [-0.39, 0.29) is 31.3 Å². The third-order valence-corrected chi connectivity index (χ3v) is 4.51. The topological polar surface area (TPSA) is 89.6 Å². The molecule has 3 rings (SSSR count). The van der Waals surface area contributed by atoms with Crippen LogP contribution < -0.4 is 20.1 Å². The molecule has 2 aromatic carbocycles. The van der Waals surface area contributed by atoms with Crippen LogP contribution in [0.15, 0.2) is 72.9 Å². The first-order valence-corrected chi connectivity index (χ1v) is 10.6. The summed E-state index contributed by atoms with van der Waals surface area (Å²) in [5.74, 6) is 1.46. The van der Waals surface area contributed by atoms with E-state index in [1.165, 1.54) is 0 Å². The second-order valence-corrected chi connectivity index (χ2v) is 7.04. The number of hydrogen-bond acceptors (Lipinski definition) is 5. The molecular weight excluding hydrogens is 406 g/mol. The molecule has 2 N–H and O–H groups in total. The van der Waals surface area contributed by atoms with Crippen molar-refractivity contribution in [2.45, 2.75) is 26.3 Å². The smallest absolute Gasteiger partial charge is 0.251 e. The maximum absolute atomic E-state index is 12.2. The zero-order valence-corrected chi connectivity index (χ0v) is 18.0. The van der Waals surface area contributed by atoms with E-state index in [0.29, 0.717) is 23.8 Å². The van der Waals surface area contributed by atoms with Crippen molar-refractivity contribution in [1.29, 1.82) is 0 Å². The Balaban J connectivity index is 1.47. The Labute approximate surface area is 187 Å². The van der Waals surface area contributed by atoms with Gasteiger partial charge in [0.05, 0.1) is 6.61 Å². The average molecular weight is 434 g/mol. The Morgan fingerprint density at radius 2 is 1.66 bits per heavy atom. The molecule has 3 aromatic rings. The standard InChI is InChI=1S/C25H27N3O4/c1-2-17-31-21-10-12-22(13-11-21)32-25-20(9-6-15-27-25)18-28-23(29)14-16-26-24(30)19-7-4-3-5-8-19/h3-13,15H,2,14,16-18H2,1H3,(H,26,30)(H,28,29). The molecule has 0 bridgehead atoms. The molecule has 0 aliphatic heterocycles. The summed E-state index contributed by atoms with van der Waals surface area (Å²) < 4.78 is 11.5. The van der Waals surface area contributed by atoms with E-state index >= 15 is 0 Å². The summed E-state index contributed by atoms with van der Waals surface area (Å²) in [7, 11) is 0. The lowest BCUT2D eigenvalue weighted by Gasteiger charge is -2.12. The van der Waals surface area contributed by atoms with Crippen molar-refractivity contribution in [1.82, 2.24) is 15.6 Å². The van der Waals surface area contributed by atoms with Gasteiger partial charge in [0.1, 0.15) is 11.5 Å². The molecule has 0 radical (unpaired) electrons. The summed E-state index contributed by atoms with van der Waals surface area (Å²) in [5.41, 5.74) is 1.32. The molecule has 7 nitrogen and oxygen atoms in total. The Kier molecular flexibility index (Phi) is 8.62. The van der Waals surface area contributed by atoms with E-state index in [4.69, 9.17) is 9.47 Å². The van der Waals surface area contributed by atoms with Crippen LogP contribution in [-0.2, 0) is 11.3 Å². The van der Waals surface area contributed by atoms with Gasteiger partial charge >= 0.3 is 0 Å². The van der Waals surface area contributed by atoms with E-state index in [9.17, 15) is 9.59 Å². The highest BCUT2D eigenvalue weighted by Crippen LogP contribution is 2.25. The average Bonchev–Trinajstić information content (AvgIpc) is 2.83. The number of aromatic nitrogens is 1. The third kappa shape index (κ3) is 7.12. The first kappa shape index (κ1) is 22.8. The molecule has 0 fully saturated rings. The van der Waals surface area contributed by atoms with Crippen LogP contribution in [0.5, 0.6) is 17.4 Å². The fraction of sp³-hybridized carbons (Fsp3) is 0.240. The predicted molar refractivity (Wildman–Crippen MR) is 122 cm³/mol. The van der Waals surface area contributed by atoms with Crippen LogP contribution >= 0.6 is 0 Å². The maximum Gasteiger partial charge on any atom is 0.251 e. The van der Waals surface area contributed by atoms with E-state index in [0.717, 1.165) is 17.7 Å². The number of carbonyl (C=O) groups excluding carboxylic acids is 2. The number of nitrogens with zero attached hydrogens (tertiary/aromatic N) is 1. The lowest BCUT2D eigenvalue weighted by Crippen LogP contribution is -2.30. The largest absolute Gasteiger partial charge is 0.494 e. The first-order valence-electron chi connectivity index (χ1n) is 10.6. The van der Waals surface area contributed by atoms with Crippen molar-refractivity contribution in [2.24, 2.45) is 0 Å². The van der Waals surface area contributed by atoms with E-state index < -0.39 is 0 Å². The van der Waals surface area contributed by atoms with Crippen LogP contribution in [0.3, 0.4) is 0 Å². The van der Waals surface area contributed by atoms with Gasteiger partial charge in [0.15, 0.2) is 0 Å². The minimum absolute atomic E-state index is 0.175. The van der Waals surface area contributed by atoms with Gasteiger partial charge in [-0.05, 0) is 48.9 Å². The highest BCUT2D eigenvalue weighted by Gasteiger charge is 2.10. The Bertz CT molecular complexity index is 1010. The Morgan fingerprint density at radius 1 is 0.906 bits per heavy atom. The Hall–Kier alpha value is -3.87. The minimum Gasteiger partial charge on any atom is -0.494 e. The quantitative estimate of drug-likeness (QED) is 0.475. The van der Waals surface area contributed by atoms with Crippen LogP contribution in [0.25, 0.3) is 0 Å². The van der Waals surface area contributed by atoms with Crippen LogP contribution in [0.1, 0.15) is 35.7 Å². The molecule has 0 aliphatic carbocycles. The van der Waals surface area contributed by atoms with Gasteiger partial charge in [0.25, 0.3) is 5.91 Å². The van der Waals surface area contributed by atoms with Gasteiger partial charge in [-0.25, -0.2) is 4.98 Å². The van der Waals surface area contributed by atoms with Crippen molar-refractivity contribution in [2.75, 3.05) is 13.2 Å². The molecule has 0 atom stereocenters. The second-order valence-electron chi connectivity index (χ2n) is 7.04. The molecule has 32 heavy (non-hydrogen) atoms. The number of pyridine rings is 1. The molecule has 1 heterocycles. The zero-order valence-electron chi connectivity index (χ0n) is 18.0. The highest BCUT2D eigenvalue weighted by atomic mass is 16.5. The number of amides is 2. The summed E-state index contributed by atoms with van der Waals surface area (Å²) in [6, 6.07) is 19.9. The summed E-state index contributed by atoms with van der Waals surface area (Å²) in [6.45, 7) is 3.24. The van der Waals surface area contributed by atoms with Crippen LogP contribution in [0.4, 0.5) is 0 Å². The summed E-state index contributed by atoms with van der Waals surface area (Å²) >= 11 is 0. The number of hydrogen-bond donors (Lipinski definition) is 2. The fourth-order valence-electron chi connectivity index (χ4n) is 2.85. The first-order chi connectivity index (χ1) is 15.7. The van der Waals surface area contributed by atoms with Crippen molar-refractivity contribution in [3.63, 3.8) is 0 Å². The predicted octanol–water partition coefficient (Wildman–Crippen LogP) is 4.10. The van der Waals surface area contributed by atoms with Crippen molar-refractivity contribution < 1.29 is 19.1 Å². The monoisotopic (exact) mass is 433 g/mol. The van der Waals surface area contributed by atoms with Gasteiger partial charge in [-0.15, -0.1) is 0 Å². The van der Waals surface area contributed by atoms with Crippen molar-refractivity contribution >= 4 is 11.8 Å². The van der Waals surface area contributed by atoms with Gasteiger partial charge in [-0.1, -0.05) is 31.2 Å². The van der Waals surface area contributed by atoms with Gasteiger partial charge in [-0.2, -0.15) is 0 Å². The summed E-state index contributed by atoms with van der Waals surface area (Å²) in [5, 5.41) is 5.58. The Morgan fingerprint density at radius 3 is 2.41 bits per heavy atom. The lowest BCUT2D eigenvalue weighted by atomic mass is 10.2. The number of nitrogens with one attached hydrogen (secondary N) is 2. The number of carbonyl (C=O) groups is 2. The lowest BCUT2D eigenvalue weighted by molar-refractivity contribution is -0.121. The van der Waals surface area contributed by atoms with E-state index in [1.807, 2.05) is 36.4 Å². The SMILES string of the molecule is CCCOc1ccc(Oc2ncccc2CNC(=O)CCNC(=O)c2ccccc2)cc1. The van der Waals surface area contributed by atoms with Crippen LogP contribution in [0.2, 0.25) is 0 Å². The zero-order chi connectivity index (χ0) is 22.6. The summed E-state index contributed by atoms with van der Waals surface area (Å²) in [6.07, 6.45) is 2.76. The molecule has 0 saturated carbocycles. The van der Waals surface area contributed by atoms with Gasteiger partial charge < -0.3 is 20.1 Å². The van der Waals surface area contributed by atoms with Gasteiger partial charge in [0, 0.05) is 36.8 Å². The second kappa shape index (κ2) is 12.1. The number of ether oxygens (including phenoxy) is 2. The molecule has 0 saturated heterocycles. The minimum atomic E-state index is -0.201. The fourth-order valence-corrected chi connectivity index (χ4v) is 2.85. The maximum atomic E-state index is 12.2. The molecule has 0 unspecified atom stereocenters. The van der Waals surface area contributed by atoms with E-state index in [1.54, 1.807) is 36.5 Å².